The van der Waals surface area contributed by atoms with Crippen molar-refractivity contribution in [2.45, 2.75) is 62.4 Å². The molecular formula is C27H29NO11. The summed E-state index contributed by atoms with van der Waals surface area (Å²) in [6.45, 7) is 0.474. The molecule has 1 heterocycles. The molecule has 0 bridgehead atoms. The first kappa shape index (κ1) is 23.5. The molecule has 0 spiro atoms. The van der Waals surface area contributed by atoms with Crippen molar-refractivity contribution in [3.05, 3.63) is 51.6 Å². The number of fused-ring (bicyclic) bond motifs is 3. The van der Waals surface area contributed by atoms with Gasteiger partial charge < -0.3 is 45.5 Å². The molecule has 3 aliphatic rings. The average molecular weight is 548 g/mol. The molecule has 1 aliphatic heterocycles. The second-order valence-corrected chi connectivity index (χ2v) is 10.1. The van der Waals surface area contributed by atoms with Gasteiger partial charge in [-0.1, -0.05) is 12.1 Å². The third kappa shape index (κ3) is 4.11. The predicted molar refractivity (Wildman–Crippen MR) is 132 cm³/mol. The maximum atomic E-state index is 13.8. The number of hydrogen-bond donors (Lipinski definition) is 6. The highest BCUT2D eigenvalue weighted by Crippen LogP contribution is 2.52. The monoisotopic (exact) mass is 547 g/mol. The number of methoxy groups -OCH3 is 1. The van der Waals surface area contributed by atoms with E-state index in [0.29, 0.717) is 0 Å². The number of phenolic OH excluding ortho intramolecular Hbond substituents is 2. The van der Waals surface area contributed by atoms with Crippen molar-refractivity contribution in [1.82, 2.24) is 0 Å². The van der Waals surface area contributed by atoms with Crippen LogP contribution in [-0.4, -0.2) is 86.7 Å². The highest BCUT2D eigenvalue weighted by atomic mass is 16.7. The first-order chi connectivity index (χ1) is 19.6. The lowest BCUT2D eigenvalue weighted by Crippen LogP contribution is -2.53. The summed E-state index contributed by atoms with van der Waals surface area (Å²) in [6.07, 6.45) is -5.61. The van der Waals surface area contributed by atoms with Crippen molar-refractivity contribution in [3.8, 4) is 17.2 Å². The minimum Gasteiger partial charge on any atom is -0.507 e. The third-order valence-electron chi connectivity index (χ3n) is 7.70. The number of ether oxygens (including phenoxy) is 3. The van der Waals surface area contributed by atoms with Crippen LogP contribution in [-0.2, 0) is 20.7 Å². The third-order valence-corrected chi connectivity index (χ3v) is 7.70. The van der Waals surface area contributed by atoms with Crippen molar-refractivity contribution in [2.24, 2.45) is 5.73 Å². The number of aliphatic hydroxyl groups is 3. The Balaban J connectivity index is 1.68. The standard InChI is InChI=1S/C27H29NO11/c1-10-22(31)13(28)6-17(38-10)39-15-8-27(36,16(30)9-29)7-12-19(15)26(35)21-20(24(12)33)23(32)11-4-3-5-14(37-2)18(11)25(21)34/h3-5,10,13,15,17,22,29,31,33,35-36H,6-9,28H2,1-2H3/t10?,13?,15-,17?,22?,27-/m1/s1/i2+1D3. The van der Waals surface area contributed by atoms with Crippen LogP contribution in [0.5, 0.6) is 17.2 Å². The zero-order valence-electron chi connectivity index (χ0n) is 23.7. The first-order valence-electron chi connectivity index (χ1n) is 13.7. The number of Topliss-reactive ketones (excluding diaryl/α,β-unsaturated/α-hetero) is 1. The van der Waals surface area contributed by atoms with Crippen LogP contribution in [0, 0.1) is 0 Å². The Kier molecular flexibility index (Phi) is 5.82. The molecule has 2 aromatic rings. The summed E-state index contributed by atoms with van der Waals surface area (Å²) in [5.41, 5.74) is 1.16. The van der Waals surface area contributed by atoms with Crippen molar-refractivity contribution in [2.75, 3.05) is 13.6 Å². The molecule has 0 aromatic heterocycles. The molecule has 0 saturated carbocycles. The molecule has 12 nitrogen and oxygen atoms in total. The smallest absolute Gasteiger partial charge is 0.202 e. The summed E-state index contributed by atoms with van der Waals surface area (Å²) < 4.78 is 38.9. The van der Waals surface area contributed by atoms with Gasteiger partial charge >= 0.3 is 0 Å². The Morgan fingerprint density at radius 1 is 1.21 bits per heavy atom. The molecule has 1 fully saturated rings. The lowest BCUT2D eigenvalue weighted by molar-refractivity contribution is -0.247. The van der Waals surface area contributed by atoms with Crippen LogP contribution in [0.2, 0.25) is 0 Å². The van der Waals surface area contributed by atoms with Gasteiger partial charge in [-0.2, -0.15) is 0 Å². The summed E-state index contributed by atoms with van der Waals surface area (Å²) in [5.74, 6) is -5.05. The quantitative estimate of drug-likeness (QED) is 0.184. The second-order valence-electron chi connectivity index (χ2n) is 10.1. The van der Waals surface area contributed by atoms with Gasteiger partial charge in [-0.05, 0) is 13.0 Å². The lowest BCUT2D eigenvalue weighted by atomic mass is 9.72. The van der Waals surface area contributed by atoms with Crippen molar-refractivity contribution < 1.29 is 58.2 Å². The van der Waals surface area contributed by atoms with Gasteiger partial charge in [-0.25, -0.2) is 0 Å². The Morgan fingerprint density at radius 2 is 1.92 bits per heavy atom. The minimum absolute atomic E-state index is 0.0397. The van der Waals surface area contributed by atoms with Crippen molar-refractivity contribution >= 4 is 17.3 Å². The molecule has 2 aliphatic carbocycles. The predicted octanol–water partition coefficient (Wildman–Crippen LogP) is 0.00130. The summed E-state index contributed by atoms with van der Waals surface area (Å²) in [4.78, 5) is 40.0. The Labute approximate surface area is 226 Å². The maximum Gasteiger partial charge on any atom is 0.202 e. The van der Waals surface area contributed by atoms with Crippen LogP contribution < -0.4 is 10.5 Å². The van der Waals surface area contributed by atoms with Gasteiger partial charge in [0.2, 0.25) is 5.78 Å². The van der Waals surface area contributed by atoms with E-state index >= 15 is 0 Å². The molecule has 12 heteroatoms. The molecule has 2 aromatic carbocycles. The van der Waals surface area contributed by atoms with Crippen LogP contribution >= 0.6 is 0 Å². The van der Waals surface area contributed by atoms with Gasteiger partial charge in [0.15, 0.2) is 17.9 Å². The molecule has 6 atom stereocenters. The number of aromatic hydroxyl groups is 2. The van der Waals surface area contributed by atoms with E-state index in [4.69, 9.17) is 24.1 Å². The fraction of sp³-hybridized carbons (Fsp3) is 0.444. The summed E-state index contributed by atoms with van der Waals surface area (Å²) >= 11 is 0. The van der Waals surface area contributed by atoms with E-state index in [1.807, 2.05) is 0 Å². The minimum atomic E-state index is -2.98. The number of carbonyl (C=O) groups excluding carboxylic acids is 3. The van der Waals surface area contributed by atoms with Crippen LogP contribution in [0.15, 0.2) is 18.2 Å². The molecule has 39 heavy (non-hydrogen) atoms. The SMILES string of the molecule is [2H][13C]([2H])([2H])Oc1cccc2c1C(=O)c1c(O)c3c(c(O)c1C2=O)C[C@](O)(C(=O)CO)C[C@H]3OC1CC(N)C(O)C(C)O1. The fourth-order valence-corrected chi connectivity index (χ4v) is 5.67. The lowest BCUT2D eigenvalue weighted by Gasteiger charge is -2.42. The van der Waals surface area contributed by atoms with Gasteiger partial charge in [0, 0.05) is 42.0 Å². The van der Waals surface area contributed by atoms with Gasteiger partial charge in [0.05, 0.1) is 46.2 Å². The molecule has 1 saturated heterocycles. The highest BCUT2D eigenvalue weighted by molar-refractivity contribution is 6.31. The number of benzene rings is 2. The zero-order chi connectivity index (χ0) is 30.9. The van der Waals surface area contributed by atoms with Crippen LogP contribution in [0.1, 0.15) is 73.0 Å². The molecule has 4 unspecified atom stereocenters. The maximum absolute atomic E-state index is 13.8. The molecule has 7 N–H and O–H groups in total. The Bertz CT molecular complexity index is 1480. The Hall–Kier alpha value is -3.39. The topological polar surface area (TPSA) is 206 Å². The van der Waals surface area contributed by atoms with E-state index in [-0.39, 0.29) is 23.1 Å². The van der Waals surface area contributed by atoms with Gasteiger partial charge in [0.25, 0.3) is 0 Å². The van der Waals surface area contributed by atoms with Crippen molar-refractivity contribution in [1.29, 1.82) is 0 Å². The number of nitrogens with two attached hydrogens (primary N) is 1. The number of hydrogen-bond acceptors (Lipinski definition) is 12. The van der Waals surface area contributed by atoms with Crippen LogP contribution in [0.4, 0.5) is 0 Å². The van der Waals surface area contributed by atoms with Gasteiger partial charge in [-0.3, -0.25) is 14.4 Å². The highest BCUT2D eigenvalue weighted by Gasteiger charge is 2.50. The van der Waals surface area contributed by atoms with E-state index in [1.165, 1.54) is 18.2 Å². The van der Waals surface area contributed by atoms with E-state index in [1.54, 1.807) is 6.92 Å². The molecule has 0 amide bonds. The van der Waals surface area contributed by atoms with Gasteiger partial charge in [-0.15, -0.1) is 0 Å². The van der Waals surface area contributed by atoms with Crippen LogP contribution in [0.3, 0.4) is 0 Å². The largest absolute Gasteiger partial charge is 0.507 e. The van der Waals surface area contributed by atoms with E-state index in [9.17, 15) is 39.9 Å². The van der Waals surface area contributed by atoms with E-state index < -0.39 is 114 Å². The molecule has 208 valence electrons. The number of aliphatic hydroxyl groups excluding tert-OH is 2. The number of ketones is 3. The molecule has 0 radical (unpaired) electrons. The van der Waals surface area contributed by atoms with E-state index in [2.05, 4.69) is 0 Å². The Morgan fingerprint density at radius 3 is 2.59 bits per heavy atom. The summed E-state index contributed by atoms with van der Waals surface area (Å²) in [7, 11) is -2.98. The molecular weight excluding hydrogens is 515 g/mol. The normalized spacial score (nSPS) is 31.3. The van der Waals surface area contributed by atoms with Gasteiger partial charge in [0.1, 0.15) is 29.5 Å². The first-order valence-corrected chi connectivity index (χ1v) is 12.2. The number of carbonyl (C=O) groups is 3. The fourth-order valence-electron chi connectivity index (χ4n) is 5.67. The van der Waals surface area contributed by atoms with Crippen molar-refractivity contribution in [3.63, 3.8) is 0 Å². The van der Waals surface area contributed by atoms with Crippen LogP contribution in [0.25, 0.3) is 0 Å². The molecule has 5 rings (SSSR count). The number of phenols is 2. The van der Waals surface area contributed by atoms with E-state index in [0.717, 1.165) is 0 Å². The zero-order valence-corrected chi connectivity index (χ0v) is 20.7. The summed E-state index contributed by atoms with van der Waals surface area (Å²) in [6, 6.07) is 2.89. The summed E-state index contributed by atoms with van der Waals surface area (Å²) in [5, 5.41) is 53.8. The average Bonchev–Trinajstić information content (AvgIpc) is 2.90. The number of rotatable bonds is 5. The second kappa shape index (κ2) is 9.66.